The Hall–Kier alpha value is -4.55. The molecule has 0 aromatic heterocycles. The van der Waals surface area contributed by atoms with Crippen molar-refractivity contribution in [2.45, 2.75) is 20.0 Å². The van der Waals surface area contributed by atoms with Crippen LogP contribution in [0, 0.1) is 22.7 Å². The van der Waals surface area contributed by atoms with Crippen LogP contribution >= 0.6 is 0 Å². The molecule has 1 aliphatic heterocycles. The summed E-state index contributed by atoms with van der Waals surface area (Å²) in [6, 6.07) is 24.5. The number of ether oxygens (including phenoxy) is 2. The lowest BCUT2D eigenvalue weighted by atomic mass is 10.1. The van der Waals surface area contributed by atoms with E-state index in [1.54, 1.807) is 35.2 Å². The molecule has 3 aromatic rings. The Kier molecular flexibility index (Phi) is 6.91. The van der Waals surface area contributed by atoms with Crippen molar-refractivity contribution in [3.05, 3.63) is 94.6 Å². The third-order valence-corrected chi connectivity index (χ3v) is 5.58. The second-order valence-corrected chi connectivity index (χ2v) is 7.70. The molecule has 6 nitrogen and oxygen atoms in total. The van der Waals surface area contributed by atoms with Gasteiger partial charge in [0.2, 0.25) is 0 Å². The molecule has 1 aliphatic rings. The number of hydrogen-bond acceptors (Lipinski definition) is 5. The quantitative estimate of drug-likeness (QED) is 0.373. The fourth-order valence-electron chi connectivity index (χ4n) is 3.92. The lowest BCUT2D eigenvalue weighted by Crippen LogP contribution is -2.29. The van der Waals surface area contributed by atoms with E-state index in [0.717, 1.165) is 23.2 Å². The van der Waals surface area contributed by atoms with Crippen LogP contribution in [0.3, 0.4) is 0 Å². The van der Waals surface area contributed by atoms with E-state index in [1.807, 2.05) is 49.4 Å². The molecule has 1 heterocycles. The van der Waals surface area contributed by atoms with E-state index in [-0.39, 0.29) is 18.1 Å². The van der Waals surface area contributed by atoms with Crippen molar-refractivity contribution < 1.29 is 14.3 Å². The molecule has 3 aromatic carbocycles. The number of anilines is 1. The van der Waals surface area contributed by atoms with Gasteiger partial charge in [-0.2, -0.15) is 10.5 Å². The maximum Gasteiger partial charge on any atom is 0.268 e. The highest BCUT2D eigenvalue weighted by molar-refractivity contribution is 6.12. The lowest BCUT2D eigenvalue weighted by molar-refractivity contribution is -0.114. The zero-order valence-electron chi connectivity index (χ0n) is 18.8. The molecule has 0 atom stereocenters. The molecule has 168 valence electrons. The predicted molar refractivity (Wildman–Crippen MR) is 129 cm³/mol. The number of rotatable bonds is 7. The van der Waals surface area contributed by atoms with Crippen molar-refractivity contribution in [3.8, 4) is 23.6 Å². The Bertz CT molecular complexity index is 1330. The summed E-state index contributed by atoms with van der Waals surface area (Å²) in [6.45, 7) is 3.06. The number of nitrogens with zero attached hydrogens (tertiary/aromatic N) is 3. The van der Waals surface area contributed by atoms with E-state index < -0.39 is 0 Å². The molecule has 0 unspecified atom stereocenters. The van der Waals surface area contributed by atoms with Gasteiger partial charge < -0.3 is 14.4 Å². The van der Waals surface area contributed by atoms with Crippen LogP contribution in [-0.2, 0) is 17.8 Å². The van der Waals surface area contributed by atoms with E-state index >= 15 is 0 Å². The number of hydrogen-bond donors (Lipinski definition) is 0. The predicted octanol–water partition coefficient (Wildman–Crippen LogP) is 5.03. The second-order valence-electron chi connectivity index (χ2n) is 7.70. The molecule has 4 rings (SSSR count). The fourth-order valence-corrected chi connectivity index (χ4v) is 3.92. The molecule has 0 spiro atoms. The van der Waals surface area contributed by atoms with Crippen LogP contribution in [0.25, 0.3) is 6.08 Å². The normalized spacial score (nSPS) is 12.4. The van der Waals surface area contributed by atoms with Crippen LogP contribution in [0.5, 0.6) is 11.5 Å². The van der Waals surface area contributed by atoms with Crippen molar-refractivity contribution in [1.82, 2.24) is 0 Å². The van der Waals surface area contributed by atoms with Gasteiger partial charge in [0.1, 0.15) is 18.2 Å². The monoisotopic (exact) mass is 449 g/mol. The smallest absolute Gasteiger partial charge is 0.268 e. The minimum absolute atomic E-state index is 0.0516. The van der Waals surface area contributed by atoms with Crippen molar-refractivity contribution in [2.24, 2.45) is 0 Å². The van der Waals surface area contributed by atoms with Crippen LogP contribution < -0.4 is 14.4 Å². The van der Waals surface area contributed by atoms with E-state index in [1.165, 1.54) is 0 Å². The molecular formula is C28H23N3O3. The number of nitriles is 2. The minimum atomic E-state index is -0.321. The van der Waals surface area contributed by atoms with Gasteiger partial charge in [-0.05, 0) is 54.8 Å². The highest BCUT2D eigenvalue weighted by Crippen LogP contribution is 2.32. The van der Waals surface area contributed by atoms with Gasteiger partial charge in [-0.3, -0.25) is 4.79 Å². The van der Waals surface area contributed by atoms with Crippen LogP contribution in [0.4, 0.5) is 5.69 Å². The highest BCUT2D eigenvalue weighted by Gasteiger charge is 2.26. The zero-order valence-corrected chi connectivity index (χ0v) is 18.8. The Morgan fingerprint density at radius 2 is 1.82 bits per heavy atom. The Labute approximate surface area is 198 Å². The van der Waals surface area contributed by atoms with Gasteiger partial charge in [-0.15, -0.1) is 0 Å². The standard InChI is InChI=1S/C28H23N3O3/c1-2-33-27-16-20(11-12-26(27)34-19-23-9-4-3-8-22(23)17-29)15-24(18-30)28(32)31-14-13-21-7-5-6-10-25(21)31/h3-12,15-16H,2,13-14,19H2,1H3/b24-15+. The summed E-state index contributed by atoms with van der Waals surface area (Å²) < 4.78 is 11.7. The Morgan fingerprint density at radius 3 is 2.62 bits per heavy atom. The van der Waals surface area contributed by atoms with Crippen LogP contribution in [-0.4, -0.2) is 19.1 Å². The maximum absolute atomic E-state index is 13.1. The van der Waals surface area contributed by atoms with E-state index in [4.69, 9.17) is 9.47 Å². The summed E-state index contributed by atoms with van der Waals surface area (Å²) in [5.74, 6) is 0.700. The summed E-state index contributed by atoms with van der Waals surface area (Å²) >= 11 is 0. The van der Waals surface area contributed by atoms with Gasteiger partial charge in [0, 0.05) is 17.8 Å². The third kappa shape index (κ3) is 4.77. The topological polar surface area (TPSA) is 86.3 Å². The molecule has 0 fully saturated rings. The van der Waals surface area contributed by atoms with E-state index in [0.29, 0.717) is 35.8 Å². The van der Waals surface area contributed by atoms with Crippen LogP contribution in [0.1, 0.15) is 29.2 Å². The summed E-state index contributed by atoms with van der Waals surface area (Å²) in [4.78, 5) is 14.7. The van der Waals surface area contributed by atoms with E-state index in [9.17, 15) is 15.3 Å². The number of benzene rings is 3. The molecule has 0 N–H and O–H groups in total. The Balaban J connectivity index is 1.57. The molecular weight excluding hydrogens is 426 g/mol. The summed E-state index contributed by atoms with van der Waals surface area (Å²) in [6.07, 6.45) is 2.34. The average molecular weight is 450 g/mol. The number of carbonyl (C=O) groups is 1. The average Bonchev–Trinajstić information content (AvgIpc) is 3.31. The third-order valence-electron chi connectivity index (χ3n) is 5.58. The molecule has 0 saturated heterocycles. The van der Waals surface area contributed by atoms with E-state index in [2.05, 4.69) is 12.1 Å². The Morgan fingerprint density at radius 1 is 1.03 bits per heavy atom. The first kappa shape index (κ1) is 22.6. The molecule has 0 aliphatic carbocycles. The maximum atomic E-state index is 13.1. The van der Waals surface area contributed by atoms with Gasteiger partial charge >= 0.3 is 0 Å². The van der Waals surface area contributed by atoms with Crippen molar-refractivity contribution in [1.29, 1.82) is 10.5 Å². The molecule has 34 heavy (non-hydrogen) atoms. The van der Waals surface area contributed by atoms with Gasteiger partial charge in [0.25, 0.3) is 5.91 Å². The molecule has 1 amide bonds. The van der Waals surface area contributed by atoms with Crippen LogP contribution in [0.2, 0.25) is 0 Å². The first-order valence-electron chi connectivity index (χ1n) is 11.0. The lowest BCUT2D eigenvalue weighted by Gasteiger charge is -2.17. The minimum Gasteiger partial charge on any atom is -0.490 e. The van der Waals surface area contributed by atoms with Gasteiger partial charge in [0.15, 0.2) is 11.5 Å². The SMILES string of the molecule is CCOc1cc(/C=C(\C#N)C(=O)N2CCc3ccccc32)ccc1OCc1ccccc1C#N. The van der Waals surface area contributed by atoms with Gasteiger partial charge in [-0.25, -0.2) is 0 Å². The summed E-state index contributed by atoms with van der Waals surface area (Å²) in [5, 5.41) is 19.0. The zero-order chi connectivity index (χ0) is 23.9. The fraction of sp³-hybridized carbons (Fsp3) is 0.179. The summed E-state index contributed by atoms with van der Waals surface area (Å²) in [5.41, 5.74) is 4.00. The number of amides is 1. The largest absolute Gasteiger partial charge is 0.490 e. The molecule has 0 radical (unpaired) electrons. The van der Waals surface area contributed by atoms with Crippen molar-refractivity contribution in [3.63, 3.8) is 0 Å². The number of para-hydroxylation sites is 1. The van der Waals surface area contributed by atoms with Crippen LogP contribution in [0.15, 0.2) is 72.3 Å². The first-order chi connectivity index (χ1) is 16.6. The molecule has 0 saturated carbocycles. The van der Waals surface area contributed by atoms with Crippen molar-refractivity contribution >= 4 is 17.7 Å². The van der Waals surface area contributed by atoms with Gasteiger partial charge in [0.05, 0.1) is 18.2 Å². The second kappa shape index (κ2) is 10.4. The number of fused-ring (bicyclic) bond motifs is 1. The molecule has 6 heteroatoms. The van der Waals surface area contributed by atoms with Gasteiger partial charge in [-0.1, -0.05) is 42.5 Å². The van der Waals surface area contributed by atoms with Crippen molar-refractivity contribution in [2.75, 3.05) is 18.1 Å². The highest BCUT2D eigenvalue weighted by atomic mass is 16.5. The first-order valence-corrected chi connectivity index (χ1v) is 11.0. The summed E-state index contributed by atoms with van der Waals surface area (Å²) in [7, 11) is 0. The molecule has 0 bridgehead atoms. The number of carbonyl (C=O) groups excluding carboxylic acids is 1.